The van der Waals surface area contributed by atoms with E-state index >= 15 is 0 Å². The molecule has 0 aromatic heterocycles. The maximum absolute atomic E-state index is 12.3. The first-order chi connectivity index (χ1) is 3.50. The van der Waals surface area contributed by atoms with Crippen molar-refractivity contribution in [2.24, 2.45) is 0 Å². The smallest absolute Gasteiger partial charge is 0.352 e. The predicted molar refractivity (Wildman–Crippen MR) is 30.7 cm³/mol. The second-order valence-electron chi connectivity index (χ2n) is 1.36. The van der Waals surface area contributed by atoms with Crippen molar-refractivity contribution in [3.05, 3.63) is 0 Å². The molecule has 0 aromatic rings. The van der Waals surface area contributed by atoms with Crippen molar-refractivity contribution in [2.45, 2.75) is 17.9 Å². The number of aliphatic carboxylic acids is 1. The van der Waals surface area contributed by atoms with Gasteiger partial charge in [-0.3, -0.25) is 0 Å². The predicted octanol–water partition coefficient (Wildman–Crippen LogP) is 1.54. The summed E-state index contributed by atoms with van der Waals surface area (Å²) >= 11 is 2.38. The molecule has 4 heteroatoms. The van der Waals surface area contributed by atoms with Crippen LogP contribution in [0.25, 0.3) is 0 Å². The van der Waals surface area contributed by atoms with E-state index in [2.05, 4.69) is 15.9 Å². The summed E-state index contributed by atoms with van der Waals surface area (Å²) in [6.07, 6.45) is -0.0671. The third-order valence-corrected chi connectivity index (χ3v) is 1.66. The van der Waals surface area contributed by atoms with Crippen LogP contribution in [0.15, 0.2) is 0 Å². The second kappa shape index (κ2) is 2.44. The van der Waals surface area contributed by atoms with Crippen LogP contribution in [-0.2, 0) is 4.79 Å². The van der Waals surface area contributed by atoms with E-state index in [4.69, 9.17) is 5.11 Å². The Morgan fingerprint density at radius 3 is 2.38 bits per heavy atom. The number of carboxylic acid groups (broad SMARTS) is 1. The summed E-state index contributed by atoms with van der Waals surface area (Å²) in [5.74, 6) is -1.47. The zero-order valence-electron chi connectivity index (χ0n) is 4.32. The van der Waals surface area contributed by atoms with Gasteiger partial charge in [0, 0.05) is 0 Å². The van der Waals surface area contributed by atoms with Crippen molar-refractivity contribution >= 4 is 21.9 Å². The number of hydrogen-bond donors (Lipinski definition) is 1. The standard InChI is InChI=1S/C4H6BrFO2/c1-2-4(5,6)3(7)8/h2H2,1H3,(H,7,8)/t4-/m1/s1. The quantitative estimate of drug-likeness (QED) is 0.662. The van der Waals surface area contributed by atoms with Gasteiger partial charge in [0.15, 0.2) is 0 Å². The van der Waals surface area contributed by atoms with E-state index in [1.807, 2.05) is 0 Å². The van der Waals surface area contributed by atoms with Crippen molar-refractivity contribution in [1.29, 1.82) is 0 Å². The van der Waals surface area contributed by atoms with Gasteiger partial charge in [-0.05, 0) is 22.4 Å². The molecule has 1 N–H and O–H groups in total. The van der Waals surface area contributed by atoms with E-state index in [0.717, 1.165) is 0 Å². The Bertz CT molecular complexity index is 102. The van der Waals surface area contributed by atoms with Crippen LogP contribution in [0, 0.1) is 0 Å². The first-order valence-electron chi connectivity index (χ1n) is 2.12. The van der Waals surface area contributed by atoms with Crippen LogP contribution < -0.4 is 0 Å². The van der Waals surface area contributed by atoms with Crippen molar-refractivity contribution in [1.82, 2.24) is 0 Å². The highest BCUT2D eigenvalue weighted by Gasteiger charge is 2.32. The maximum Gasteiger partial charge on any atom is 0.352 e. The first-order valence-corrected chi connectivity index (χ1v) is 2.91. The molecule has 0 amide bonds. The largest absolute Gasteiger partial charge is 0.478 e. The third-order valence-electron chi connectivity index (χ3n) is 0.757. The summed E-state index contributed by atoms with van der Waals surface area (Å²) in [5.41, 5.74) is 0. The normalized spacial score (nSPS) is 17.4. The topological polar surface area (TPSA) is 37.3 Å². The molecular weight excluding hydrogens is 179 g/mol. The number of rotatable bonds is 2. The zero-order chi connectivity index (χ0) is 6.78. The molecule has 0 heterocycles. The molecule has 1 atom stereocenters. The number of hydrogen-bond acceptors (Lipinski definition) is 1. The number of alkyl halides is 2. The lowest BCUT2D eigenvalue weighted by atomic mass is 10.3. The van der Waals surface area contributed by atoms with Crippen LogP contribution in [0.5, 0.6) is 0 Å². The molecule has 48 valence electrons. The summed E-state index contributed by atoms with van der Waals surface area (Å²) in [6.45, 7) is 1.45. The van der Waals surface area contributed by atoms with Crippen LogP contribution in [0.1, 0.15) is 13.3 Å². The fourth-order valence-electron chi connectivity index (χ4n) is 0.151. The van der Waals surface area contributed by atoms with Crippen LogP contribution in [0.2, 0.25) is 0 Å². The summed E-state index contributed by atoms with van der Waals surface area (Å²) in [7, 11) is 0. The van der Waals surface area contributed by atoms with Gasteiger partial charge < -0.3 is 5.11 Å². The Kier molecular flexibility index (Phi) is 2.40. The zero-order valence-corrected chi connectivity index (χ0v) is 5.90. The van der Waals surface area contributed by atoms with Gasteiger partial charge >= 0.3 is 5.97 Å². The van der Waals surface area contributed by atoms with Crippen LogP contribution >= 0.6 is 15.9 Å². The van der Waals surface area contributed by atoms with E-state index in [-0.39, 0.29) is 6.42 Å². The molecule has 0 aliphatic rings. The fourth-order valence-corrected chi connectivity index (χ4v) is 0.151. The number of carbonyl (C=O) groups is 1. The summed E-state index contributed by atoms with van der Waals surface area (Å²) in [5, 5.41) is 8.02. The molecule has 0 saturated carbocycles. The molecule has 0 rings (SSSR count). The van der Waals surface area contributed by atoms with Gasteiger partial charge in [0.1, 0.15) is 0 Å². The third kappa shape index (κ3) is 1.78. The number of carboxylic acids is 1. The molecule has 0 fully saturated rings. The van der Waals surface area contributed by atoms with E-state index in [1.54, 1.807) is 0 Å². The van der Waals surface area contributed by atoms with Crippen LogP contribution in [-0.4, -0.2) is 15.7 Å². The lowest BCUT2D eigenvalue weighted by molar-refractivity contribution is -0.144. The monoisotopic (exact) mass is 184 g/mol. The van der Waals surface area contributed by atoms with E-state index in [0.29, 0.717) is 0 Å². The second-order valence-corrected chi connectivity index (χ2v) is 2.62. The molecule has 8 heavy (non-hydrogen) atoms. The average molecular weight is 185 g/mol. The highest BCUT2D eigenvalue weighted by molar-refractivity contribution is 9.10. The number of halogens is 2. The van der Waals surface area contributed by atoms with Gasteiger partial charge in [-0.2, -0.15) is 0 Å². The molecule has 0 radical (unpaired) electrons. The van der Waals surface area contributed by atoms with Gasteiger partial charge in [-0.15, -0.1) is 0 Å². The Morgan fingerprint density at radius 2 is 2.38 bits per heavy atom. The summed E-state index contributed by atoms with van der Waals surface area (Å²) in [6, 6.07) is 0. The van der Waals surface area contributed by atoms with Crippen molar-refractivity contribution in [3.63, 3.8) is 0 Å². The van der Waals surface area contributed by atoms with E-state index in [1.165, 1.54) is 6.92 Å². The summed E-state index contributed by atoms with van der Waals surface area (Å²) < 4.78 is 10.0. The van der Waals surface area contributed by atoms with Crippen molar-refractivity contribution in [3.8, 4) is 0 Å². The minimum atomic E-state index is -2.23. The molecule has 2 nitrogen and oxygen atoms in total. The molecule has 0 aliphatic carbocycles. The Hall–Kier alpha value is -0.120. The fraction of sp³-hybridized carbons (Fsp3) is 0.750. The Morgan fingerprint density at radius 1 is 2.00 bits per heavy atom. The highest BCUT2D eigenvalue weighted by atomic mass is 79.9. The van der Waals surface area contributed by atoms with Gasteiger partial charge in [-0.1, -0.05) is 6.92 Å². The summed E-state index contributed by atoms with van der Waals surface area (Å²) in [4.78, 5) is 9.83. The van der Waals surface area contributed by atoms with Gasteiger partial charge in [-0.25, -0.2) is 9.18 Å². The van der Waals surface area contributed by atoms with E-state index < -0.39 is 10.5 Å². The Balaban J connectivity index is 3.91. The maximum atomic E-state index is 12.3. The molecule has 0 bridgehead atoms. The van der Waals surface area contributed by atoms with Gasteiger partial charge in [0.25, 0.3) is 4.58 Å². The lowest BCUT2D eigenvalue weighted by Gasteiger charge is -2.07. The molecule has 0 unspecified atom stereocenters. The van der Waals surface area contributed by atoms with Crippen LogP contribution in [0.3, 0.4) is 0 Å². The SMILES string of the molecule is CC[C@](F)(Br)C(=O)O. The minimum Gasteiger partial charge on any atom is -0.478 e. The van der Waals surface area contributed by atoms with Crippen molar-refractivity contribution in [2.75, 3.05) is 0 Å². The lowest BCUT2D eigenvalue weighted by Crippen LogP contribution is -2.24. The van der Waals surface area contributed by atoms with Gasteiger partial charge in [0.05, 0.1) is 0 Å². The van der Waals surface area contributed by atoms with E-state index in [9.17, 15) is 9.18 Å². The highest BCUT2D eigenvalue weighted by Crippen LogP contribution is 2.23. The Labute approximate surface area is 54.8 Å². The first kappa shape index (κ1) is 7.88. The van der Waals surface area contributed by atoms with Crippen LogP contribution in [0.4, 0.5) is 4.39 Å². The molecule has 0 aromatic carbocycles. The molecule has 0 aliphatic heterocycles. The molecule has 0 saturated heterocycles. The van der Waals surface area contributed by atoms with Crippen molar-refractivity contribution < 1.29 is 14.3 Å². The van der Waals surface area contributed by atoms with Gasteiger partial charge in [0.2, 0.25) is 0 Å². The molecule has 0 spiro atoms. The average Bonchev–Trinajstić information content (AvgIpc) is 1.67. The minimum absolute atomic E-state index is 0.0671. The molecular formula is C4H6BrFO2.